The third kappa shape index (κ3) is 5.51. The second-order valence-electron chi connectivity index (χ2n) is 8.38. The first-order valence-corrected chi connectivity index (χ1v) is 12.9. The maximum Gasteiger partial charge on any atom is 0.248 e. The lowest BCUT2D eigenvalue weighted by Gasteiger charge is -2.20. The molecular formula is C25H29N3O4S. The van der Waals surface area contributed by atoms with Crippen LogP contribution >= 0.6 is 0 Å². The molecule has 2 aliphatic rings. The lowest BCUT2D eigenvalue weighted by Crippen LogP contribution is -2.31. The SMILES string of the molecule is O=C(/C=C/c1ccc(S(=O)(=O)N2CCCCCC2)cc1)Nc1ccccc1N1CCCC1=O. The Labute approximate surface area is 195 Å². The molecule has 0 aliphatic carbocycles. The summed E-state index contributed by atoms with van der Waals surface area (Å²) >= 11 is 0. The van der Waals surface area contributed by atoms with Gasteiger partial charge in [0.05, 0.1) is 16.3 Å². The number of nitrogens with zero attached hydrogens (tertiary/aromatic N) is 2. The zero-order valence-corrected chi connectivity index (χ0v) is 19.4. The number of benzene rings is 2. The Morgan fingerprint density at radius 2 is 1.58 bits per heavy atom. The molecule has 0 spiro atoms. The van der Waals surface area contributed by atoms with Crippen molar-refractivity contribution in [2.75, 3.05) is 29.9 Å². The summed E-state index contributed by atoms with van der Waals surface area (Å²) in [6.07, 6.45) is 8.29. The minimum absolute atomic E-state index is 0.0578. The third-order valence-corrected chi connectivity index (χ3v) is 7.95. The van der Waals surface area contributed by atoms with E-state index in [9.17, 15) is 18.0 Å². The van der Waals surface area contributed by atoms with Gasteiger partial charge >= 0.3 is 0 Å². The summed E-state index contributed by atoms with van der Waals surface area (Å²) in [5.74, 6) is -0.266. The van der Waals surface area contributed by atoms with Crippen LogP contribution in [0.25, 0.3) is 6.08 Å². The highest BCUT2D eigenvalue weighted by molar-refractivity contribution is 7.89. The number of rotatable bonds is 6. The molecule has 1 N–H and O–H groups in total. The van der Waals surface area contributed by atoms with Crippen LogP contribution in [-0.4, -0.2) is 44.2 Å². The molecule has 0 radical (unpaired) electrons. The zero-order chi connectivity index (χ0) is 23.3. The van der Waals surface area contributed by atoms with Crippen LogP contribution in [0.4, 0.5) is 11.4 Å². The van der Waals surface area contributed by atoms with Crippen molar-refractivity contribution < 1.29 is 18.0 Å². The molecule has 2 heterocycles. The van der Waals surface area contributed by atoms with E-state index in [0.717, 1.165) is 37.7 Å². The van der Waals surface area contributed by atoms with Crippen LogP contribution in [0.1, 0.15) is 44.1 Å². The van der Waals surface area contributed by atoms with E-state index in [1.54, 1.807) is 45.6 Å². The fraction of sp³-hybridized carbons (Fsp3) is 0.360. The first-order valence-electron chi connectivity index (χ1n) is 11.4. The largest absolute Gasteiger partial charge is 0.321 e. The topological polar surface area (TPSA) is 86.8 Å². The predicted octanol–water partition coefficient (Wildman–Crippen LogP) is 4.03. The molecule has 2 saturated heterocycles. The normalized spacial score (nSPS) is 17.9. The number of para-hydroxylation sites is 2. The number of carbonyl (C=O) groups excluding carboxylic acids is 2. The average molecular weight is 468 g/mol. The Kier molecular flexibility index (Phi) is 7.25. The van der Waals surface area contributed by atoms with Gasteiger partial charge in [0.15, 0.2) is 0 Å². The van der Waals surface area contributed by atoms with E-state index in [1.165, 1.54) is 6.08 Å². The minimum atomic E-state index is -3.49. The number of anilines is 2. The highest BCUT2D eigenvalue weighted by Crippen LogP contribution is 2.29. The minimum Gasteiger partial charge on any atom is -0.321 e. The second-order valence-corrected chi connectivity index (χ2v) is 10.3. The van der Waals surface area contributed by atoms with Gasteiger partial charge in [-0.15, -0.1) is 0 Å². The van der Waals surface area contributed by atoms with Gasteiger partial charge in [0.1, 0.15) is 0 Å². The number of amides is 2. The van der Waals surface area contributed by atoms with Crippen LogP contribution in [0.15, 0.2) is 59.5 Å². The maximum atomic E-state index is 12.9. The van der Waals surface area contributed by atoms with E-state index in [4.69, 9.17) is 0 Å². The van der Waals surface area contributed by atoms with Crippen LogP contribution < -0.4 is 10.2 Å². The molecule has 174 valence electrons. The van der Waals surface area contributed by atoms with E-state index >= 15 is 0 Å². The van der Waals surface area contributed by atoms with Gasteiger partial charge in [-0.05, 0) is 55.2 Å². The molecule has 8 heteroatoms. The van der Waals surface area contributed by atoms with Crippen molar-refractivity contribution in [1.82, 2.24) is 4.31 Å². The molecule has 7 nitrogen and oxygen atoms in total. The summed E-state index contributed by atoms with van der Waals surface area (Å²) < 4.78 is 27.4. The quantitative estimate of drug-likeness (QED) is 0.650. The fourth-order valence-corrected chi connectivity index (χ4v) is 5.76. The molecule has 33 heavy (non-hydrogen) atoms. The van der Waals surface area contributed by atoms with E-state index < -0.39 is 10.0 Å². The lowest BCUT2D eigenvalue weighted by atomic mass is 10.2. The number of hydrogen-bond donors (Lipinski definition) is 1. The van der Waals surface area contributed by atoms with Gasteiger partial charge in [0.2, 0.25) is 21.8 Å². The van der Waals surface area contributed by atoms with Crippen LogP contribution in [0.3, 0.4) is 0 Å². The molecule has 0 unspecified atom stereocenters. The Morgan fingerprint density at radius 1 is 0.879 bits per heavy atom. The Bertz CT molecular complexity index is 1130. The van der Waals surface area contributed by atoms with Crippen molar-refractivity contribution in [3.63, 3.8) is 0 Å². The lowest BCUT2D eigenvalue weighted by molar-refractivity contribution is -0.117. The van der Waals surface area contributed by atoms with Gasteiger partial charge in [0.25, 0.3) is 0 Å². The smallest absolute Gasteiger partial charge is 0.248 e. The predicted molar refractivity (Wildman–Crippen MR) is 129 cm³/mol. The van der Waals surface area contributed by atoms with Gasteiger partial charge in [-0.1, -0.05) is 37.1 Å². The molecule has 2 aliphatic heterocycles. The molecule has 2 amide bonds. The monoisotopic (exact) mass is 467 g/mol. The molecule has 2 aromatic rings. The molecule has 4 rings (SSSR count). The summed E-state index contributed by atoms with van der Waals surface area (Å²) in [4.78, 5) is 26.6. The third-order valence-electron chi connectivity index (χ3n) is 6.04. The Balaban J connectivity index is 1.42. The summed E-state index contributed by atoms with van der Waals surface area (Å²) in [5, 5.41) is 2.84. The highest BCUT2D eigenvalue weighted by Gasteiger charge is 2.25. The first-order chi connectivity index (χ1) is 15.9. The van der Waals surface area contributed by atoms with Crippen LogP contribution in [0.5, 0.6) is 0 Å². The number of carbonyl (C=O) groups is 2. The molecular weight excluding hydrogens is 438 g/mol. The van der Waals surface area contributed by atoms with Crippen molar-refractivity contribution in [2.45, 2.75) is 43.4 Å². The molecule has 0 atom stereocenters. The first kappa shape index (κ1) is 23.2. The van der Waals surface area contributed by atoms with E-state index in [2.05, 4.69) is 5.32 Å². The van der Waals surface area contributed by atoms with Crippen molar-refractivity contribution in [3.8, 4) is 0 Å². The second kappa shape index (κ2) is 10.3. The van der Waals surface area contributed by atoms with Gasteiger partial charge in [-0.25, -0.2) is 8.42 Å². The molecule has 0 saturated carbocycles. The fourth-order valence-electron chi connectivity index (χ4n) is 4.25. The Morgan fingerprint density at radius 3 is 2.24 bits per heavy atom. The number of nitrogens with one attached hydrogen (secondary N) is 1. The summed E-state index contributed by atoms with van der Waals surface area (Å²) in [7, 11) is -3.49. The maximum absolute atomic E-state index is 12.9. The molecule has 2 fully saturated rings. The Hall–Kier alpha value is -2.97. The van der Waals surface area contributed by atoms with E-state index in [0.29, 0.717) is 37.4 Å². The van der Waals surface area contributed by atoms with Crippen LogP contribution in [0, 0.1) is 0 Å². The van der Waals surface area contributed by atoms with Gasteiger partial charge in [-0.2, -0.15) is 4.31 Å². The van der Waals surface area contributed by atoms with Crippen molar-refractivity contribution in [1.29, 1.82) is 0 Å². The summed E-state index contributed by atoms with van der Waals surface area (Å²) in [6.45, 7) is 1.78. The number of sulfonamides is 1. The zero-order valence-electron chi connectivity index (χ0n) is 18.6. The van der Waals surface area contributed by atoms with Crippen molar-refractivity contribution in [2.24, 2.45) is 0 Å². The van der Waals surface area contributed by atoms with E-state index in [1.807, 2.05) is 18.2 Å². The molecule has 2 aromatic carbocycles. The van der Waals surface area contributed by atoms with Crippen LogP contribution in [-0.2, 0) is 19.6 Å². The van der Waals surface area contributed by atoms with Crippen molar-refractivity contribution in [3.05, 3.63) is 60.2 Å². The van der Waals surface area contributed by atoms with E-state index in [-0.39, 0.29) is 16.7 Å². The number of hydrogen-bond acceptors (Lipinski definition) is 4. The van der Waals surface area contributed by atoms with Gasteiger partial charge in [-0.3, -0.25) is 9.59 Å². The molecule has 0 aromatic heterocycles. The average Bonchev–Trinajstić information content (AvgIpc) is 3.06. The van der Waals surface area contributed by atoms with Crippen LogP contribution in [0.2, 0.25) is 0 Å². The van der Waals surface area contributed by atoms with Gasteiger partial charge in [0, 0.05) is 32.1 Å². The van der Waals surface area contributed by atoms with Gasteiger partial charge < -0.3 is 10.2 Å². The standard InChI is InChI=1S/C25H29N3O4S/c29-24(26-22-8-3-4-9-23(22)28-19-7-10-25(28)30)16-13-20-11-14-21(15-12-20)33(31,32)27-17-5-1-2-6-18-27/h3-4,8-9,11-16H,1-2,5-7,10,17-19H2,(H,26,29)/b16-13+. The van der Waals surface area contributed by atoms with Crippen molar-refractivity contribution >= 4 is 39.3 Å². The molecule has 0 bridgehead atoms. The highest BCUT2D eigenvalue weighted by atomic mass is 32.2. The summed E-state index contributed by atoms with van der Waals surface area (Å²) in [5.41, 5.74) is 2.01. The summed E-state index contributed by atoms with van der Waals surface area (Å²) in [6, 6.07) is 13.8.